The van der Waals surface area contributed by atoms with Crippen molar-refractivity contribution < 1.29 is 4.74 Å². The molecule has 3 heteroatoms. The van der Waals surface area contributed by atoms with E-state index in [1.165, 1.54) is 18.4 Å². The van der Waals surface area contributed by atoms with Crippen molar-refractivity contribution in [3.05, 3.63) is 23.8 Å². The van der Waals surface area contributed by atoms with E-state index in [2.05, 4.69) is 24.9 Å². The molecule has 0 radical (unpaired) electrons. The Balaban J connectivity index is 2.02. The molecule has 94 valence electrons. The average molecular weight is 234 g/mol. The highest BCUT2D eigenvalue weighted by atomic mass is 16.5. The Bertz CT molecular complexity index is 372. The van der Waals surface area contributed by atoms with Gasteiger partial charge in [-0.3, -0.25) is 0 Å². The second kappa shape index (κ2) is 5.41. The monoisotopic (exact) mass is 234 g/mol. The number of hydrogen-bond donors (Lipinski definition) is 1. The van der Waals surface area contributed by atoms with Crippen LogP contribution in [-0.2, 0) is 4.74 Å². The summed E-state index contributed by atoms with van der Waals surface area (Å²) in [5.74, 6) is 0. The third kappa shape index (κ3) is 3.13. The summed E-state index contributed by atoms with van der Waals surface area (Å²) in [5, 5.41) is 0. The number of anilines is 2. The zero-order valence-corrected chi connectivity index (χ0v) is 10.8. The van der Waals surface area contributed by atoms with Gasteiger partial charge in [0.15, 0.2) is 0 Å². The summed E-state index contributed by atoms with van der Waals surface area (Å²) in [4.78, 5) is 2.21. The zero-order chi connectivity index (χ0) is 12.3. The molecule has 0 aromatic heterocycles. The minimum Gasteiger partial charge on any atom is -0.397 e. The topological polar surface area (TPSA) is 38.5 Å². The van der Waals surface area contributed by atoms with Gasteiger partial charge in [-0.15, -0.1) is 0 Å². The Morgan fingerprint density at radius 1 is 1.41 bits per heavy atom. The van der Waals surface area contributed by atoms with Crippen LogP contribution in [-0.4, -0.2) is 26.3 Å². The molecule has 0 spiro atoms. The van der Waals surface area contributed by atoms with Gasteiger partial charge in [0, 0.05) is 20.2 Å². The van der Waals surface area contributed by atoms with Crippen molar-refractivity contribution in [3.63, 3.8) is 0 Å². The quantitative estimate of drug-likeness (QED) is 0.817. The number of likely N-dealkylation sites (N-methyl/N-ethyl adjacent to an activating group) is 1. The highest BCUT2D eigenvalue weighted by Gasteiger charge is 2.17. The fourth-order valence-electron chi connectivity index (χ4n) is 2.34. The lowest BCUT2D eigenvalue weighted by Gasteiger charge is -2.29. The van der Waals surface area contributed by atoms with Crippen molar-refractivity contribution in [1.29, 1.82) is 0 Å². The molecule has 1 aromatic carbocycles. The maximum atomic E-state index is 6.01. The van der Waals surface area contributed by atoms with Crippen LogP contribution in [0.2, 0.25) is 0 Å². The molecule has 1 atom stereocenters. The normalized spacial score (nSPS) is 20.2. The van der Waals surface area contributed by atoms with E-state index in [-0.39, 0.29) is 0 Å². The fourth-order valence-corrected chi connectivity index (χ4v) is 2.34. The number of hydrogen-bond acceptors (Lipinski definition) is 3. The molecule has 2 N–H and O–H groups in total. The third-order valence-corrected chi connectivity index (χ3v) is 3.35. The third-order valence-electron chi connectivity index (χ3n) is 3.35. The SMILES string of the molecule is Cc1ccc(N)c(N(C)CC2CCCCO2)c1. The molecule has 1 unspecified atom stereocenters. The maximum absolute atomic E-state index is 6.01. The van der Waals surface area contributed by atoms with Crippen LogP contribution in [0.5, 0.6) is 0 Å². The van der Waals surface area contributed by atoms with Gasteiger partial charge in [0.05, 0.1) is 17.5 Å². The van der Waals surface area contributed by atoms with Gasteiger partial charge in [-0.25, -0.2) is 0 Å². The number of rotatable bonds is 3. The highest BCUT2D eigenvalue weighted by molar-refractivity contribution is 5.68. The van der Waals surface area contributed by atoms with Crippen molar-refractivity contribution in [3.8, 4) is 0 Å². The number of aryl methyl sites for hydroxylation is 1. The molecular weight excluding hydrogens is 212 g/mol. The van der Waals surface area contributed by atoms with Crippen molar-refractivity contribution in [2.75, 3.05) is 30.8 Å². The summed E-state index contributed by atoms with van der Waals surface area (Å²) in [6.45, 7) is 3.92. The van der Waals surface area contributed by atoms with Gasteiger partial charge in [0.25, 0.3) is 0 Å². The van der Waals surface area contributed by atoms with E-state index in [9.17, 15) is 0 Å². The Kier molecular flexibility index (Phi) is 3.89. The lowest BCUT2D eigenvalue weighted by Crippen LogP contribution is -2.33. The summed E-state index contributed by atoms with van der Waals surface area (Å²) in [7, 11) is 2.09. The summed E-state index contributed by atoms with van der Waals surface area (Å²) in [6, 6.07) is 6.16. The molecule has 0 saturated carbocycles. The molecule has 1 saturated heterocycles. The summed E-state index contributed by atoms with van der Waals surface area (Å²) in [6.07, 6.45) is 4.00. The average Bonchev–Trinajstić information content (AvgIpc) is 2.33. The van der Waals surface area contributed by atoms with Crippen LogP contribution in [0.4, 0.5) is 11.4 Å². The molecular formula is C14H22N2O. The molecule has 1 aliphatic rings. The maximum Gasteiger partial charge on any atom is 0.0749 e. The molecule has 17 heavy (non-hydrogen) atoms. The first-order valence-electron chi connectivity index (χ1n) is 6.35. The molecule has 1 heterocycles. The Labute approximate surface area is 104 Å². The van der Waals surface area contributed by atoms with E-state index in [1.54, 1.807) is 0 Å². The summed E-state index contributed by atoms with van der Waals surface area (Å²) in [5.41, 5.74) is 9.21. The molecule has 0 bridgehead atoms. The first kappa shape index (κ1) is 12.2. The Morgan fingerprint density at radius 3 is 2.94 bits per heavy atom. The Morgan fingerprint density at radius 2 is 2.24 bits per heavy atom. The minimum atomic E-state index is 0.355. The molecule has 2 rings (SSSR count). The van der Waals surface area contributed by atoms with Crippen molar-refractivity contribution in [2.24, 2.45) is 0 Å². The summed E-state index contributed by atoms with van der Waals surface area (Å²) >= 11 is 0. The van der Waals surface area contributed by atoms with Crippen LogP contribution >= 0.6 is 0 Å². The molecule has 1 aliphatic heterocycles. The first-order valence-corrected chi connectivity index (χ1v) is 6.35. The van der Waals surface area contributed by atoms with Crippen molar-refractivity contribution in [1.82, 2.24) is 0 Å². The number of nitrogen functional groups attached to an aromatic ring is 1. The van der Waals surface area contributed by atoms with Crippen molar-refractivity contribution >= 4 is 11.4 Å². The van der Waals surface area contributed by atoms with Crippen LogP contribution in [0.3, 0.4) is 0 Å². The van der Waals surface area contributed by atoms with Crippen LogP contribution in [0.1, 0.15) is 24.8 Å². The second-order valence-corrected chi connectivity index (χ2v) is 4.93. The van der Waals surface area contributed by atoms with E-state index >= 15 is 0 Å². The Hall–Kier alpha value is -1.22. The minimum absolute atomic E-state index is 0.355. The van der Waals surface area contributed by atoms with Gasteiger partial charge >= 0.3 is 0 Å². The van der Waals surface area contributed by atoms with E-state index < -0.39 is 0 Å². The van der Waals surface area contributed by atoms with Gasteiger partial charge in [-0.2, -0.15) is 0 Å². The molecule has 1 fully saturated rings. The van der Waals surface area contributed by atoms with Crippen LogP contribution in [0.15, 0.2) is 18.2 Å². The van der Waals surface area contributed by atoms with Gasteiger partial charge in [-0.1, -0.05) is 6.07 Å². The smallest absolute Gasteiger partial charge is 0.0749 e. The van der Waals surface area contributed by atoms with Gasteiger partial charge in [-0.05, 0) is 43.9 Å². The van der Waals surface area contributed by atoms with Gasteiger partial charge in [0.1, 0.15) is 0 Å². The number of benzene rings is 1. The van der Waals surface area contributed by atoms with Crippen LogP contribution in [0, 0.1) is 6.92 Å². The number of nitrogens with two attached hydrogens (primary N) is 1. The first-order chi connectivity index (χ1) is 8.16. The van der Waals surface area contributed by atoms with Gasteiger partial charge < -0.3 is 15.4 Å². The van der Waals surface area contributed by atoms with Crippen LogP contribution < -0.4 is 10.6 Å². The van der Waals surface area contributed by atoms with E-state index in [1.807, 2.05) is 12.1 Å². The standard InChI is InChI=1S/C14H22N2O/c1-11-6-7-13(15)14(9-11)16(2)10-12-5-3-4-8-17-12/h6-7,9,12H,3-5,8,10,15H2,1-2H3. The van der Waals surface area contributed by atoms with E-state index in [4.69, 9.17) is 10.5 Å². The molecule has 3 nitrogen and oxygen atoms in total. The fraction of sp³-hybridized carbons (Fsp3) is 0.571. The van der Waals surface area contributed by atoms with E-state index in [0.717, 1.165) is 30.9 Å². The molecule has 1 aromatic rings. The van der Waals surface area contributed by atoms with Crippen molar-refractivity contribution in [2.45, 2.75) is 32.3 Å². The molecule has 0 amide bonds. The molecule has 0 aliphatic carbocycles. The second-order valence-electron chi connectivity index (χ2n) is 4.93. The lowest BCUT2D eigenvalue weighted by molar-refractivity contribution is 0.0216. The summed E-state index contributed by atoms with van der Waals surface area (Å²) < 4.78 is 5.76. The van der Waals surface area contributed by atoms with Crippen LogP contribution in [0.25, 0.3) is 0 Å². The number of ether oxygens (including phenoxy) is 1. The largest absolute Gasteiger partial charge is 0.397 e. The predicted molar refractivity (Wildman–Crippen MR) is 72.5 cm³/mol. The highest BCUT2D eigenvalue weighted by Crippen LogP contribution is 2.24. The van der Waals surface area contributed by atoms with Gasteiger partial charge in [0.2, 0.25) is 0 Å². The zero-order valence-electron chi connectivity index (χ0n) is 10.8. The number of nitrogens with zero attached hydrogens (tertiary/aromatic N) is 1. The predicted octanol–water partition coefficient (Wildman–Crippen LogP) is 2.58. The lowest BCUT2D eigenvalue weighted by atomic mass is 10.1. The van der Waals surface area contributed by atoms with E-state index in [0.29, 0.717) is 6.10 Å².